The van der Waals surface area contributed by atoms with Crippen LogP contribution in [0, 0.1) is 0 Å². The van der Waals surface area contributed by atoms with Crippen LogP contribution >= 0.6 is 31.9 Å². The number of hydrogen-bond donors (Lipinski definition) is 3. The van der Waals surface area contributed by atoms with E-state index in [0.29, 0.717) is 65.4 Å². The van der Waals surface area contributed by atoms with Crippen molar-refractivity contribution in [1.82, 2.24) is 34.5 Å². The third kappa shape index (κ3) is 8.83. The summed E-state index contributed by atoms with van der Waals surface area (Å²) in [6, 6.07) is 7.65. The molecule has 0 spiro atoms. The Hall–Kier alpha value is -3.34. The molecule has 51 heavy (non-hydrogen) atoms. The van der Waals surface area contributed by atoms with Gasteiger partial charge in [0, 0.05) is 78.5 Å². The van der Waals surface area contributed by atoms with Crippen molar-refractivity contribution >= 4 is 49.5 Å². The van der Waals surface area contributed by atoms with Gasteiger partial charge in [0.15, 0.2) is 0 Å². The topological polar surface area (TPSA) is 123 Å². The average molecular weight is 841 g/mol. The summed E-state index contributed by atoms with van der Waals surface area (Å²) in [6.07, 6.45) is 0.477. The molecule has 0 aliphatic carbocycles. The highest BCUT2D eigenvalue weighted by molar-refractivity contribution is 9.11. The van der Waals surface area contributed by atoms with E-state index in [2.05, 4.69) is 59.0 Å². The van der Waals surface area contributed by atoms with Crippen LogP contribution in [0.5, 0.6) is 0 Å². The Bertz CT molecular complexity index is 1750. The van der Waals surface area contributed by atoms with Crippen LogP contribution in [0.1, 0.15) is 42.9 Å². The fourth-order valence-electron chi connectivity index (χ4n) is 7.36. The number of imidazole rings is 1. The van der Waals surface area contributed by atoms with Crippen LogP contribution in [0.15, 0.2) is 56.3 Å². The number of nitrogens with zero attached hydrogens (tertiary/aromatic N) is 5. The first kappa shape index (κ1) is 37.4. The maximum Gasteiger partial charge on any atom is 0.416 e. The van der Waals surface area contributed by atoms with E-state index in [4.69, 9.17) is 5.73 Å². The number of carbonyl (C=O) groups excluding carboxylic acids is 2. The quantitative estimate of drug-likeness (QED) is 0.283. The summed E-state index contributed by atoms with van der Waals surface area (Å²) in [6.45, 7) is 5.58. The molecular formula is C35H43Br2F3N8O3. The van der Waals surface area contributed by atoms with E-state index < -0.39 is 23.5 Å². The van der Waals surface area contributed by atoms with Gasteiger partial charge in [0.05, 0.1) is 16.9 Å². The lowest BCUT2D eigenvalue weighted by Crippen LogP contribution is -2.59. The Morgan fingerprint density at radius 1 is 0.922 bits per heavy atom. The first-order chi connectivity index (χ1) is 24.3. The minimum absolute atomic E-state index is 0.133. The van der Waals surface area contributed by atoms with E-state index in [1.165, 1.54) is 16.7 Å². The Kier molecular flexibility index (Phi) is 11.5. The monoisotopic (exact) mass is 838 g/mol. The molecular weight excluding hydrogens is 797 g/mol. The predicted molar refractivity (Wildman–Crippen MR) is 196 cm³/mol. The maximum absolute atomic E-state index is 14.1. The molecule has 3 amide bonds. The number of nitrogen functional groups attached to an aromatic ring is 1. The molecule has 1 atom stereocenters. The molecule has 4 heterocycles. The van der Waals surface area contributed by atoms with Crippen molar-refractivity contribution in [2.24, 2.45) is 0 Å². The second-order valence-corrected chi connectivity index (χ2v) is 15.5. The first-order valence-electron chi connectivity index (χ1n) is 17.3. The molecule has 0 unspecified atom stereocenters. The summed E-state index contributed by atoms with van der Waals surface area (Å²) in [4.78, 5) is 51.7. The second-order valence-electron chi connectivity index (χ2n) is 13.8. The van der Waals surface area contributed by atoms with Gasteiger partial charge in [0.1, 0.15) is 6.04 Å². The number of nitrogens with two attached hydrogens (primary N) is 1. The van der Waals surface area contributed by atoms with E-state index in [9.17, 15) is 27.6 Å². The van der Waals surface area contributed by atoms with Crippen LogP contribution in [-0.4, -0.2) is 113 Å². The number of halogens is 5. The van der Waals surface area contributed by atoms with Crippen LogP contribution in [0.3, 0.4) is 0 Å². The number of benzene rings is 2. The van der Waals surface area contributed by atoms with Crippen molar-refractivity contribution in [1.29, 1.82) is 0 Å². The first-order valence-corrected chi connectivity index (χ1v) is 18.8. The molecule has 16 heteroatoms. The number of alkyl halides is 3. The number of amides is 3. The van der Waals surface area contributed by atoms with E-state index in [0.717, 1.165) is 56.7 Å². The van der Waals surface area contributed by atoms with Crippen molar-refractivity contribution < 1.29 is 22.8 Å². The summed E-state index contributed by atoms with van der Waals surface area (Å²) in [7, 11) is 2.15. The lowest BCUT2D eigenvalue weighted by Gasteiger charge is -2.43. The lowest BCUT2D eigenvalue weighted by atomic mass is 10.0. The number of piperazine rings is 1. The molecule has 3 saturated heterocycles. The fourth-order valence-corrected chi connectivity index (χ4v) is 8.64. The predicted octanol–water partition coefficient (Wildman–Crippen LogP) is 5.17. The van der Waals surface area contributed by atoms with E-state index in [1.54, 1.807) is 11.1 Å². The van der Waals surface area contributed by atoms with Crippen LogP contribution in [0.4, 0.5) is 23.7 Å². The number of aromatic nitrogens is 2. The Labute approximate surface area is 311 Å². The van der Waals surface area contributed by atoms with E-state index in [1.807, 2.05) is 17.0 Å². The highest BCUT2D eigenvalue weighted by atomic mass is 79.9. The number of likely N-dealkylation sites (tertiary alicyclic amines) is 2. The van der Waals surface area contributed by atoms with E-state index in [-0.39, 0.29) is 30.0 Å². The zero-order valence-electron chi connectivity index (χ0n) is 28.4. The number of hydrogen-bond acceptors (Lipinski definition) is 6. The highest BCUT2D eigenvalue weighted by Crippen LogP contribution is 2.33. The summed E-state index contributed by atoms with van der Waals surface area (Å²) in [5.74, 6) is -0.133. The molecule has 0 radical (unpaired) electrons. The van der Waals surface area contributed by atoms with Gasteiger partial charge in [0.25, 0.3) is 0 Å². The van der Waals surface area contributed by atoms with Gasteiger partial charge in [-0.05, 0) is 108 Å². The molecule has 3 aliphatic rings. The zero-order chi connectivity index (χ0) is 36.4. The molecule has 276 valence electrons. The van der Waals surface area contributed by atoms with Crippen LogP contribution < -0.4 is 16.7 Å². The molecule has 2 aromatic carbocycles. The minimum Gasteiger partial charge on any atom is -0.397 e. The van der Waals surface area contributed by atoms with Crippen molar-refractivity contribution in [2.75, 3.05) is 65.1 Å². The summed E-state index contributed by atoms with van der Waals surface area (Å²) in [5.41, 5.74) is 6.82. The Morgan fingerprint density at radius 3 is 2.18 bits per heavy atom. The number of aromatic amines is 1. The van der Waals surface area contributed by atoms with Gasteiger partial charge in [-0.1, -0.05) is 12.1 Å². The molecule has 4 N–H and O–H groups in total. The molecule has 6 rings (SSSR count). The summed E-state index contributed by atoms with van der Waals surface area (Å²) < 4.78 is 42.7. The third-order valence-corrected chi connectivity index (χ3v) is 11.7. The van der Waals surface area contributed by atoms with Crippen LogP contribution in [0.2, 0.25) is 0 Å². The number of carbonyl (C=O) groups is 2. The highest BCUT2D eigenvalue weighted by Gasteiger charge is 2.34. The van der Waals surface area contributed by atoms with Gasteiger partial charge in [-0.3, -0.25) is 14.3 Å². The molecule has 11 nitrogen and oxygen atoms in total. The summed E-state index contributed by atoms with van der Waals surface area (Å²) in [5, 5.41) is 3.02. The molecule has 1 aromatic heterocycles. The van der Waals surface area contributed by atoms with Gasteiger partial charge in [-0.25, -0.2) is 9.59 Å². The van der Waals surface area contributed by atoms with Gasteiger partial charge < -0.3 is 30.7 Å². The number of H-pyrrole nitrogens is 1. The molecule has 0 bridgehead atoms. The molecule has 3 aliphatic heterocycles. The Balaban J connectivity index is 1.10. The van der Waals surface area contributed by atoms with Gasteiger partial charge >= 0.3 is 17.9 Å². The number of rotatable bonds is 7. The normalized spacial score (nSPS) is 19.3. The third-order valence-electron chi connectivity index (χ3n) is 10.4. The SMILES string of the molecule is CN1CCC(N2CCN(C(=O)[C@@H](Cc3cc(Br)c(N)c(Br)c3)NC(=O)N3CCC(n4cc(-c5cccc(C(F)(F)F)c5)[nH]c4=O)CC3)CC2)CC1. The second kappa shape index (κ2) is 15.7. The standard InChI is InChI=1S/C35H43Br2F3N8O3/c1-44-9-5-25(6-10-44)45-13-15-46(16-14-45)32(49)29(19-22-17-27(36)31(41)28(37)18-22)42-33(50)47-11-7-26(8-12-47)48-21-30(43-34(48)51)23-3-2-4-24(20-23)35(38,39)40/h2-4,17-18,20-21,25-26,29H,5-16,19,41H2,1H3,(H,42,50)(H,43,51)/t29-/m1/s1. The fraction of sp³-hybridized carbons (Fsp3) is 0.514. The smallest absolute Gasteiger partial charge is 0.397 e. The van der Waals surface area contributed by atoms with Gasteiger partial charge in [-0.2, -0.15) is 13.2 Å². The minimum atomic E-state index is -4.50. The van der Waals surface area contributed by atoms with Gasteiger partial charge in [-0.15, -0.1) is 0 Å². The zero-order valence-corrected chi connectivity index (χ0v) is 31.6. The number of piperidine rings is 2. The van der Waals surface area contributed by atoms with Gasteiger partial charge in [0.2, 0.25) is 5.91 Å². The van der Waals surface area contributed by atoms with Crippen LogP contribution in [-0.2, 0) is 17.4 Å². The van der Waals surface area contributed by atoms with Crippen molar-refractivity contribution in [3.63, 3.8) is 0 Å². The number of urea groups is 1. The molecule has 3 fully saturated rings. The largest absolute Gasteiger partial charge is 0.416 e. The van der Waals surface area contributed by atoms with Crippen molar-refractivity contribution in [2.45, 2.75) is 56.4 Å². The Morgan fingerprint density at radius 2 is 1.55 bits per heavy atom. The summed E-state index contributed by atoms with van der Waals surface area (Å²) >= 11 is 6.98. The molecule has 3 aromatic rings. The average Bonchev–Trinajstić information content (AvgIpc) is 3.51. The van der Waals surface area contributed by atoms with Crippen LogP contribution in [0.25, 0.3) is 11.3 Å². The van der Waals surface area contributed by atoms with Crippen molar-refractivity contribution in [3.8, 4) is 11.3 Å². The molecule has 0 saturated carbocycles. The lowest BCUT2D eigenvalue weighted by molar-refractivity contribution is -0.137. The van der Waals surface area contributed by atoms with Crippen molar-refractivity contribution in [3.05, 3.63) is 73.2 Å². The van der Waals surface area contributed by atoms with E-state index >= 15 is 0 Å². The number of anilines is 1. The maximum atomic E-state index is 14.1. The number of nitrogens with one attached hydrogen (secondary N) is 2.